The van der Waals surface area contributed by atoms with Gasteiger partial charge in [0, 0.05) is 18.4 Å². The summed E-state index contributed by atoms with van der Waals surface area (Å²) in [5, 5.41) is 8.84. The standard InChI is InChI=1S/C16H15N3/c1-12-8-14-4-2-3-5-15(14)19(11-12)16-7-6-13(9-17)10-18-16/h2-7,10,12H,8,11H2,1H3. The number of anilines is 2. The van der Waals surface area contributed by atoms with Crippen LogP contribution in [0.1, 0.15) is 18.1 Å². The van der Waals surface area contributed by atoms with Crippen LogP contribution in [-0.2, 0) is 6.42 Å². The van der Waals surface area contributed by atoms with Crippen molar-refractivity contribution in [3.63, 3.8) is 0 Å². The number of nitriles is 1. The predicted octanol–water partition coefficient (Wildman–Crippen LogP) is 3.28. The van der Waals surface area contributed by atoms with Gasteiger partial charge in [0.05, 0.1) is 5.56 Å². The number of nitrogens with zero attached hydrogens (tertiary/aromatic N) is 3. The topological polar surface area (TPSA) is 39.9 Å². The second-order valence-electron chi connectivity index (χ2n) is 5.07. The van der Waals surface area contributed by atoms with E-state index >= 15 is 0 Å². The molecule has 94 valence electrons. The van der Waals surface area contributed by atoms with Crippen molar-refractivity contribution >= 4 is 11.5 Å². The van der Waals surface area contributed by atoms with Crippen LogP contribution >= 0.6 is 0 Å². The van der Waals surface area contributed by atoms with E-state index in [1.807, 2.05) is 12.1 Å². The van der Waals surface area contributed by atoms with Crippen molar-refractivity contribution in [3.05, 3.63) is 53.7 Å². The molecule has 1 aromatic carbocycles. The van der Waals surface area contributed by atoms with Gasteiger partial charge < -0.3 is 4.90 Å². The van der Waals surface area contributed by atoms with Gasteiger partial charge in [0.1, 0.15) is 11.9 Å². The molecule has 3 rings (SSSR count). The Balaban J connectivity index is 2.02. The van der Waals surface area contributed by atoms with E-state index in [1.165, 1.54) is 11.3 Å². The van der Waals surface area contributed by atoms with Gasteiger partial charge in [-0.3, -0.25) is 0 Å². The molecule has 1 aliphatic heterocycles. The molecule has 0 N–H and O–H groups in total. The number of pyridine rings is 1. The smallest absolute Gasteiger partial charge is 0.133 e. The quantitative estimate of drug-likeness (QED) is 0.778. The number of benzene rings is 1. The van der Waals surface area contributed by atoms with E-state index in [9.17, 15) is 0 Å². The molecule has 2 aromatic rings. The zero-order valence-corrected chi connectivity index (χ0v) is 10.9. The van der Waals surface area contributed by atoms with Gasteiger partial charge in [-0.05, 0) is 36.1 Å². The molecule has 19 heavy (non-hydrogen) atoms. The lowest BCUT2D eigenvalue weighted by molar-refractivity contribution is 0.560. The van der Waals surface area contributed by atoms with Gasteiger partial charge in [-0.25, -0.2) is 4.98 Å². The Bertz CT molecular complexity index is 625. The number of fused-ring (bicyclic) bond motifs is 1. The maximum atomic E-state index is 8.84. The van der Waals surface area contributed by atoms with Crippen LogP contribution in [0.25, 0.3) is 0 Å². The Morgan fingerprint density at radius 2 is 2.11 bits per heavy atom. The highest BCUT2D eigenvalue weighted by atomic mass is 15.2. The molecular formula is C16H15N3. The summed E-state index contributed by atoms with van der Waals surface area (Å²) in [7, 11) is 0. The Morgan fingerprint density at radius 3 is 2.84 bits per heavy atom. The highest BCUT2D eigenvalue weighted by Gasteiger charge is 2.22. The SMILES string of the molecule is CC1Cc2ccccc2N(c2ccc(C#N)cn2)C1. The first-order valence-electron chi connectivity index (χ1n) is 6.49. The third kappa shape index (κ3) is 2.17. The van der Waals surface area contributed by atoms with Crippen LogP contribution in [0.5, 0.6) is 0 Å². The van der Waals surface area contributed by atoms with Crippen LogP contribution in [0.2, 0.25) is 0 Å². The Morgan fingerprint density at radius 1 is 1.26 bits per heavy atom. The molecule has 0 saturated carbocycles. The molecule has 3 heteroatoms. The molecule has 0 saturated heterocycles. The zero-order valence-electron chi connectivity index (χ0n) is 10.9. The Kier molecular flexibility index (Phi) is 2.92. The minimum atomic E-state index is 0.599. The van der Waals surface area contributed by atoms with Gasteiger partial charge in [-0.2, -0.15) is 5.26 Å². The van der Waals surface area contributed by atoms with E-state index in [1.54, 1.807) is 6.20 Å². The summed E-state index contributed by atoms with van der Waals surface area (Å²) in [5.74, 6) is 1.52. The summed E-state index contributed by atoms with van der Waals surface area (Å²) in [6, 6.07) is 14.3. The molecule has 1 atom stereocenters. The van der Waals surface area contributed by atoms with Crippen molar-refractivity contribution in [1.29, 1.82) is 5.26 Å². The van der Waals surface area contributed by atoms with E-state index < -0.39 is 0 Å². The molecule has 0 bridgehead atoms. The van der Waals surface area contributed by atoms with Crippen molar-refractivity contribution in [3.8, 4) is 6.07 Å². The molecule has 0 aliphatic carbocycles. The lowest BCUT2D eigenvalue weighted by atomic mass is 9.94. The first kappa shape index (κ1) is 11.7. The van der Waals surface area contributed by atoms with Crippen LogP contribution in [0, 0.1) is 17.2 Å². The second-order valence-corrected chi connectivity index (χ2v) is 5.07. The van der Waals surface area contributed by atoms with Crippen molar-refractivity contribution in [1.82, 2.24) is 4.98 Å². The van der Waals surface area contributed by atoms with E-state index in [-0.39, 0.29) is 0 Å². The fraction of sp³-hybridized carbons (Fsp3) is 0.250. The maximum absolute atomic E-state index is 8.84. The first-order valence-corrected chi connectivity index (χ1v) is 6.49. The van der Waals surface area contributed by atoms with Gasteiger partial charge in [0.25, 0.3) is 0 Å². The summed E-state index contributed by atoms with van der Waals surface area (Å²) in [5.41, 5.74) is 3.20. The monoisotopic (exact) mass is 249 g/mol. The highest BCUT2D eigenvalue weighted by Crippen LogP contribution is 2.34. The molecule has 2 heterocycles. The van der Waals surface area contributed by atoms with Crippen LogP contribution < -0.4 is 4.90 Å². The molecule has 1 aromatic heterocycles. The van der Waals surface area contributed by atoms with Gasteiger partial charge in [-0.15, -0.1) is 0 Å². The number of rotatable bonds is 1. The Labute approximate surface area is 113 Å². The fourth-order valence-corrected chi connectivity index (χ4v) is 2.63. The summed E-state index contributed by atoms with van der Waals surface area (Å²) in [6.45, 7) is 3.22. The van der Waals surface area contributed by atoms with Crippen LogP contribution in [0.4, 0.5) is 11.5 Å². The number of aromatic nitrogens is 1. The molecule has 1 unspecified atom stereocenters. The lowest BCUT2D eigenvalue weighted by Crippen LogP contribution is -2.30. The van der Waals surface area contributed by atoms with Gasteiger partial charge >= 0.3 is 0 Å². The summed E-state index contributed by atoms with van der Waals surface area (Å²) >= 11 is 0. The summed E-state index contributed by atoms with van der Waals surface area (Å²) in [4.78, 5) is 6.65. The van der Waals surface area contributed by atoms with Crippen LogP contribution in [0.3, 0.4) is 0 Å². The maximum Gasteiger partial charge on any atom is 0.133 e. The van der Waals surface area contributed by atoms with Crippen LogP contribution in [0.15, 0.2) is 42.6 Å². The summed E-state index contributed by atoms with van der Waals surface area (Å²) in [6.07, 6.45) is 2.75. The van der Waals surface area contributed by atoms with Crippen molar-refractivity contribution in [2.45, 2.75) is 13.3 Å². The minimum Gasteiger partial charge on any atom is -0.326 e. The minimum absolute atomic E-state index is 0.599. The normalized spacial score (nSPS) is 17.7. The predicted molar refractivity (Wildman–Crippen MR) is 75.3 cm³/mol. The third-order valence-corrected chi connectivity index (χ3v) is 3.50. The molecule has 0 amide bonds. The molecule has 0 spiro atoms. The summed E-state index contributed by atoms with van der Waals surface area (Å²) < 4.78 is 0. The zero-order chi connectivity index (χ0) is 13.2. The van der Waals surface area contributed by atoms with Crippen molar-refractivity contribution in [2.24, 2.45) is 5.92 Å². The largest absolute Gasteiger partial charge is 0.326 e. The van der Waals surface area contributed by atoms with E-state index in [0.717, 1.165) is 18.8 Å². The number of hydrogen-bond donors (Lipinski definition) is 0. The second kappa shape index (κ2) is 4.74. The van der Waals surface area contributed by atoms with Gasteiger partial charge in [-0.1, -0.05) is 25.1 Å². The van der Waals surface area contributed by atoms with Gasteiger partial charge in [0.15, 0.2) is 0 Å². The Hall–Kier alpha value is -2.34. The van der Waals surface area contributed by atoms with Crippen LogP contribution in [-0.4, -0.2) is 11.5 Å². The average molecular weight is 249 g/mol. The molecule has 3 nitrogen and oxygen atoms in total. The first-order chi connectivity index (χ1) is 9.28. The molecular weight excluding hydrogens is 234 g/mol. The fourth-order valence-electron chi connectivity index (χ4n) is 2.63. The number of para-hydroxylation sites is 1. The van der Waals surface area contributed by atoms with E-state index in [0.29, 0.717) is 11.5 Å². The molecule has 1 aliphatic rings. The molecule has 0 radical (unpaired) electrons. The third-order valence-electron chi connectivity index (χ3n) is 3.50. The van der Waals surface area contributed by atoms with E-state index in [2.05, 4.69) is 47.1 Å². The van der Waals surface area contributed by atoms with Gasteiger partial charge in [0.2, 0.25) is 0 Å². The number of hydrogen-bond acceptors (Lipinski definition) is 3. The average Bonchev–Trinajstić information content (AvgIpc) is 2.46. The van der Waals surface area contributed by atoms with Crippen molar-refractivity contribution < 1.29 is 0 Å². The molecule has 0 fully saturated rings. The lowest BCUT2D eigenvalue weighted by Gasteiger charge is -2.34. The van der Waals surface area contributed by atoms with Crippen molar-refractivity contribution in [2.75, 3.05) is 11.4 Å². The van der Waals surface area contributed by atoms with E-state index in [4.69, 9.17) is 5.26 Å². The highest BCUT2D eigenvalue weighted by molar-refractivity contribution is 5.65.